The summed E-state index contributed by atoms with van der Waals surface area (Å²) in [7, 11) is 1.83. The molecule has 128 valence electrons. The number of aryl methyl sites for hydroxylation is 1. The highest BCUT2D eigenvalue weighted by Crippen LogP contribution is 2.29. The Hall–Kier alpha value is -2.38. The number of halogens is 2. The Labute approximate surface area is 138 Å². The van der Waals surface area contributed by atoms with E-state index in [1.807, 2.05) is 7.05 Å². The van der Waals surface area contributed by atoms with Crippen LogP contribution >= 0.6 is 0 Å². The van der Waals surface area contributed by atoms with Crippen molar-refractivity contribution in [2.75, 3.05) is 0 Å². The number of nitrogens with zero attached hydrogens (tertiary/aromatic N) is 4. The molecular formula is C16H19F2N5O. The summed E-state index contributed by atoms with van der Waals surface area (Å²) in [6, 6.07) is -0.0883. The highest BCUT2D eigenvalue weighted by atomic mass is 19.3. The molecule has 2 heterocycles. The largest absolute Gasteiger partial charge is 0.348 e. The van der Waals surface area contributed by atoms with Gasteiger partial charge in [-0.3, -0.25) is 9.78 Å². The minimum atomic E-state index is -2.27. The van der Waals surface area contributed by atoms with E-state index >= 15 is 0 Å². The molecule has 6 nitrogen and oxygen atoms in total. The van der Waals surface area contributed by atoms with E-state index in [4.69, 9.17) is 0 Å². The monoisotopic (exact) mass is 335 g/mol. The predicted molar refractivity (Wildman–Crippen MR) is 83.5 cm³/mol. The summed E-state index contributed by atoms with van der Waals surface area (Å²) >= 11 is 0. The van der Waals surface area contributed by atoms with E-state index in [0.29, 0.717) is 31.4 Å². The number of alkyl halides is 2. The van der Waals surface area contributed by atoms with Crippen LogP contribution in [0.15, 0.2) is 24.9 Å². The van der Waals surface area contributed by atoms with Crippen molar-refractivity contribution in [2.24, 2.45) is 13.0 Å². The second-order valence-electron chi connectivity index (χ2n) is 6.10. The maximum absolute atomic E-state index is 12.7. The van der Waals surface area contributed by atoms with Gasteiger partial charge in [-0.15, -0.1) is 0 Å². The van der Waals surface area contributed by atoms with Crippen LogP contribution in [0.25, 0.3) is 11.4 Å². The lowest BCUT2D eigenvalue weighted by Crippen LogP contribution is -2.39. The van der Waals surface area contributed by atoms with E-state index in [1.54, 1.807) is 23.3 Å². The van der Waals surface area contributed by atoms with E-state index in [2.05, 4.69) is 20.3 Å². The lowest BCUT2D eigenvalue weighted by molar-refractivity contribution is 0.0499. The van der Waals surface area contributed by atoms with Gasteiger partial charge in [0.05, 0.1) is 30.6 Å². The first-order valence-electron chi connectivity index (χ1n) is 7.92. The van der Waals surface area contributed by atoms with Crippen LogP contribution in [0.5, 0.6) is 0 Å². The molecule has 2 aromatic heterocycles. The molecule has 1 aliphatic carbocycles. The zero-order chi connectivity index (χ0) is 17.1. The molecule has 0 atom stereocenters. The predicted octanol–water partition coefficient (Wildman–Crippen LogP) is 2.43. The van der Waals surface area contributed by atoms with Crippen LogP contribution in [-0.2, 0) is 7.05 Å². The highest BCUT2D eigenvalue weighted by molar-refractivity contribution is 5.92. The SMILES string of the molecule is Cn1cncc1-c1cncc(C(=O)NC2CCC(C(F)F)CC2)n1. The topological polar surface area (TPSA) is 72.7 Å². The van der Waals surface area contributed by atoms with Crippen LogP contribution in [0, 0.1) is 5.92 Å². The van der Waals surface area contributed by atoms with Crippen LogP contribution in [0.3, 0.4) is 0 Å². The molecule has 1 fully saturated rings. The molecule has 0 spiro atoms. The summed E-state index contributed by atoms with van der Waals surface area (Å²) in [5.41, 5.74) is 1.53. The van der Waals surface area contributed by atoms with Gasteiger partial charge in [0.1, 0.15) is 11.4 Å². The van der Waals surface area contributed by atoms with Gasteiger partial charge in [0.15, 0.2) is 0 Å². The summed E-state index contributed by atoms with van der Waals surface area (Å²) in [5.74, 6) is -0.877. The lowest BCUT2D eigenvalue weighted by Gasteiger charge is -2.28. The van der Waals surface area contributed by atoms with Gasteiger partial charge < -0.3 is 9.88 Å². The van der Waals surface area contributed by atoms with E-state index < -0.39 is 12.3 Å². The fraction of sp³-hybridized carbons (Fsp3) is 0.500. The minimum Gasteiger partial charge on any atom is -0.348 e. The fourth-order valence-corrected chi connectivity index (χ4v) is 2.98. The quantitative estimate of drug-likeness (QED) is 0.931. The average Bonchev–Trinajstić information content (AvgIpc) is 3.01. The number of imidazole rings is 1. The Balaban J connectivity index is 1.65. The molecule has 0 aliphatic heterocycles. The summed E-state index contributed by atoms with van der Waals surface area (Å²) in [4.78, 5) is 24.8. The number of nitrogens with one attached hydrogen (secondary N) is 1. The Kier molecular flexibility index (Phi) is 4.82. The van der Waals surface area contributed by atoms with Crippen LogP contribution < -0.4 is 5.32 Å². The maximum Gasteiger partial charge on any atom is 0.271 e. The van der Waals surface area contributed by atoms with Crippen molar-refractivity contribution in [3.05, 3.63) is 30.6 Å². The number of carbonyl (C=O) groups is 1. The smallest absolute Gasteiger partial charge is 0.271 e. The number of amides is 1. The van der Waals surface area contributed by atoms with Crippen LogP contribution in [0.1, 0.15) is 36.2 Å². The van der Waals surface area contributed by atoms with E-state index in [1.165, 1.54) is 6.20 Å². The molecule has 8 heteroatoms. The maximum atomic E-state index is 12.7. The van der Waals surface area contributed by atoms with Crippen LogP contribution in [0.4, 0.5) is 8.78 Å². The molecule has 3 rings (SSSR count). The summed E-state index contributed by atoms with van der Waals surface area (Å²) in [6.07, 6.45) is 5.99. The number of carbonyl (C=O) groups excluding carboxylic acids is 1. The third kappa shape index (κ3) is 3.58. The number of hydrogen-bond acceptors (Lipinski definition) is 4. The van der Waals surface area contributed by atoms with Gasteiger partial charge in [0.2, 0.25) is 6.43 Å². The van der Waals surface area contributed by atoms with Crippen molar-refractivity contribution < 1.29 is 13.6 Å². The third-order valence-electron chi connectivity index (χ3n) is 4.41. The molecular weight excluding hydrogens is 316 g/mol. The van der Waals surface area contributed by atoms with Crippen molar-refractivity contribution >= 4 is 5.91 Å². The van der Waals surface area contributed by atoms with Crippen molar-refractivity contribution in [3.63, 3.8) is 0 Å². The molecule has 0 aromatic carbocycles. The van der Waals surface area contributed by atoms with Gasteiger partial charge >= 0.3 is 0 Å². The Bertz CT molecular complexity index is 710. The molecule has 0 saturated heterocycles. The van der Waals surface area contributed by atoms with Gasteiger partial charge in [-0.1, -0.05) is 0 Å². The van der Waals surface area contributed by atoms with Gasteiger partial charge in [-0.2, -0.15) is 0 Å². The summed E-state index contributed by atoms with van der Waals surface area (Å²) in [6.45, 7) is 0. The molecule has 1 amide bonds. The van der Waals surface area contributed by atoms with E-state index in [9.17, 15) is 13.6 Å². The first kappa shape index (κ1) is 16.5. The molecule has 1 aliphatic rings. The van der Waals surface area contributed by atoms with Gasteiger partial charge in [0.25, 0.3) is 5.91 Å². The van der Waals surface area contributed by atoms with Gasteiger partial charge in [-0.25, -0.2) is 18.7 Å². The van der Waals surface area contributed by atoms with Crippen molar-refractivity contribution in [1.82, 2.24) is 24.8 Å². The highest BCUT2D eigenvalue weighted by Gasteiger charge is 2.28. The summed E-state index contributed by atoms with van der Waals surface area (Å²) < 4.78 is 27.1. The molecule has 0 bridgehead atoms. The Morgan fingerprint density at radius 3 is 2.58 bits per heavy atom. The number of aromatic nitrogens is 4. The van der Waals surface area contributed by atoms with Gasteiger partial charge in [-0.05, 0) is 25.7 Å². The standard InChI is InChI=1S/C16H19F2N5O/c1-23-9-20-8-14(23)12-6-19-7-13(22-12)16(24)21-11-4-2-10(3-5-11)15(17)18/h6-11,15H,2-5H2,1H3,(H,21,24). The second kappa shape index (κ2) is 7.02. The van der Waals surface area contributed by atoms with Gasteiger partial charge in [0, 0.05) is 19.0 Å². The van der Waals surface area contributed by atoms with Crippen LogP contribution in [-0.4, -0.2) is 37.9 Å². The second-order valence-corrected chi connectivity index (χ2v) is 6.10. The molecule has 0 radical (unpaired) electrons. The van der Waals surface area contributed by atoms with E-state index in [0.717, 1.165) is 5.69 Å². The Morgan fingerprint density at radius 2 is 1.96 bits per heavy atom. The average molecular weight is 335 g/mol. The first-order chi connectivity index (χ1) is 11.5. The zero-order valence-corrected chi connectivity index (χ0v) is 13.3. The normalized spacial score (nSPS) is 21.0. The fourth-order valence-electron chi connectivity index (χ4n) is 2.98. The minimum absolute atomic E-state index is 0.0883. The number of rotatable bonds is 4. The molecule has 24 heavy (non-hydrogen) atoms. The van der Waals surface area contributed by atoms with Crippen molar-refractivity contribution in [2.45, 2.75) is 38.2 Å². The lowest BCUT2D eigenvalue weighted by atomic mass is 9.86. The zero-order valence-electron chi connectivity index (χ0n) is 13.3. The van der Waals surface area contributed by atoms with E-state index in [-0.39, 0.29) is 17.6 Å². The third-order valence-corrected chi connectivity index (χ3v) is 4.41. The molecule has 2 aromatic rings. The van der Waals surface area contributed by atoms with Crippen molar-refractivity contribution in [3.8, 4) is 11.4 Å². The van der Waals surface area contributed by atoms with Crippen LogP contribution in [0.2, 0.25) is 0 Å². The molecule has 1 saturated carbocycles. The first-order valence-corrected chi connectivity index (χ1v) is 7.92. The van der Waals surface area contributed by atoms with Crippen molar-refractivity contribution in [1.29, 1.82) is 0 Å². The Morgan fingerprint density at radius 1 is 1.21 bits per heavy atom. The molecule has 1 N–H and O–H groups in total. The molecule has 0 unspecified atom stereocenters. The number of hydrogen-bond donors (Lipinski definition) is 1. The summed E-state index contributed by atoms with van der Waals surface area (Å²) in [5, 5.41) is 2.87.